The summed E-state index contributed by atoms with van der Waals surface area (Å²) in [5.74, 6) is 1.33. The summed E-state index contributed by atoms with van der Waals surface area (Å²) in [5.41, 5.74) is 3.82. The van der Waals surface area contributed by atoms with Crippen molar-refractivity contribution in [3.05, 3.63) is 72.6 Å². The molecular weight excluding hydrogens is 394 g/mol. The Balaban J connectivity index is 1.32. The number of ether oxygens (including phenoxy) is 1. The molecule has 0 bridgehead atoms. The standard InChI is InChI=1S/C22H25N7O2/c1-29-11-10-20(28-29)27-22(30)26-18-5-3-4-17(12-18)25-21-23-13-16(14-24-21)15-6-8-19(31-2)9-7-15/h3-13,21,23-25H,14H2,1-2H3,(H2,26,27,28,30). The fourth-order valence-corrected chi connectivity index (χ4v) is 3.20. The zero-order chi connectivity index (χ0) is 21.6. The van der Waals surface area contributed by atoms with Crippen LogP contribution in [0.1, 0.15) is 5.56 Å². The van der Waals surface area contributed by atoms with E-state index in [0.29, 0.717) is 18.1 Å². The number of aryl methyl sites for hydroxylation is 1. The molecule has 2 heterocycles. The lowest BCUT2D eigenvalue weighted by molar-refractivity contribution is 0.262. The van der Waals surface area contributed by atoms with Gasteiger partial charge in [0.1, 0.15) is 5.75 Å². The van der Waals surface area contributed by atoms with Crippen molar-refractivity contribution in [2.24, 2.45) is 7.05 Å². The summed E-state index contributed by atoms with van der Waals surface area (Å²) < 4.78 is 6.83. The topological polar surface area (TPSA) is 104 Å². The Kier molecular flexibility index (Phi) is 6.04. The molecule has 2 aromatic carbocycles. The summed E-state index contributed by atoms with van der Waals surface area (Å²) in [6, 6.07) is 16.8. The van der Waals surface area contributed by atoms with Crippen molar-refractivity contribution in [1.29, 1.82) is 0 Å². The molecule has 0 saturated carbocycles. The number of anilines is 3. The Morgan fingerprint density at radius 3 is 2.61 bits per heavy atom. The molecule has 0 fully saturated rings. The van der Waals surface area contributed by atoms with E-state index in [1.807, 2.05) is 54.7 Å². The van der Waals surface area contributed by atoms with Gasteiger partial charge in [-0.25, -0.2) is 4.79 Å². The minimum absolute atomic E-state index is 0.139. The lowest BCUT2D eigenvalue weighted by Crippen LogP contribution is -2.49. The van der Waals surface area contributed by atoms with E-state index >= 15 is 0 Å². The molecular formula is C22H25N7O2. The van der Waals surface area contributed by atoms with Crippen LogP contribution in [0.4, 0.5) is 22.0 Å². The van der Waals surface area contributed by atoms with Crippen molar-refractivity contribution in [3.8, 4) is 5.75 Å². The first-order chi connectivity index (χ1) is 15.1. The van der Waals surface area contributed by atoms with E-state index in [1.165, 1.54) is 0 Å². The Morgan fingerprint density at radius 2 is 1.94 bits per heavy atom. The van der Waals surface area contributed by atoms with Crippen LogP contribution in [0.25, 0.3) is 5.57 Å². The zero-order valence-electron chi connectivity index (χ0n) is 17.3. The predicted molar refractivity (Wildman–Crippen MR) is 122 cm³/mol. The monoisotopic (exact) mass is 419 g/mol. The number of hydrogen-bond donors (Lipinski definition) is 5. The second kappa shape index (κ2) is 9.23. The lowest BCUT2D eigenvalue weighted by Gasteiger charge is -2.27. The molecule has 1 aliphatic heterocycles. The van der Waals surface area contributed by atoms with E-state index in [2.05, 4.69) is 31.7 Å². The number of urea groups is 1. The van der Waals surface area contributed by atoms with Gasteiger partial charge in [0.2, 0.25) is 0 Å². The first kappa shape index (κ1) is 20.3. The van der Waals surface area contributed by atoms with Crippen molar-refractivity contribution in [3.63, 3.8) is 0 Å². The molecule has 9 heteroatoms. The fourth-order valence-electron chi connectivity index (χ4n) is 3.20. The van der Waals surface area contributed by atoms with Gasteiger partial charge in [-0.1, -0.05) is 18.2 Å². The summed E-state index contributed by atoms with van der Waals surface area (Å²) in [7, 11) is 3.45. The Bertz CT molecular complexity index is 1080. The molecule has 4 rings (SSSR count). The first-order valence-corrected chi connectivity index (χ1v) is 9.86. The number of amides is 2. The molecule has 2 amide bonds. The third-order valence-electron chi connectivity index (χ3n) is 4.77. The summed E-state index contributed by atoms with van der Waals surface area (Å²) in [6.45, 7) is 0.710. The predicted octanol–water partition coefficient (Wildman–Crippen LogP) is 3.00. The van der Waals surface area contributed by atoms with Gasteiger partial charge < -0.3 is 20.7 Å². The van der Waals surface area contributed by atoms with Crippen LogP contribution < -0.4 is 31.3 Å². The second-order valence-corrected chi connectivity index (χ2v) is 7.06. The average molecular weight is 419 g/mol. The average Bonchev–Trinajstić information content (AvgIpc) is 3.19. The van der Waals surface area contributed by atoms with Gasteiger partial charge >= 0.3 is 6.03 Å². The Morgan fingerprint density at radius 1 is 1.13 bits per heavy atom. The number of hydrogen-bond acceptors (Lipinski definition) is 6. The van der Waals surface area contributed by atoms with E-state index in [4.69, 9.17) is 4.74 Å². The van der Waals surface area contributed by atoms with Gasteiger partial charge in [-0.3, -0.25) is 15.3 Å². The number of nitrogens with one attached hydrogen (secondary N) is 5. The molecule has 1 aliphatic rings. The van der Waals surface area contributed by atoms with Crippen LogP contribution >= 0.6 is 0 Å². The quantitative estimate of drug-likeness (QED) is 0.421. The highest BCUT2D eigenvalue weighted by Gasteiger charge is 2.14. The highest BCUT2D eigenvalue weighted by Crippen LogP contribution is 2.20. The van der Waals surface area contributed by atoms with E-state index < -0.39 is 0 Å². The van der Waals surface area contributed by atoms with E-state index in [-0.39, 0.29) is 12.3 Å². The van der Waals surface area contributed by atoms with Gasteiger partial charge in [-0.05, 0) is 41.5 Å². The van der Waals surface area contributed by atoms with Gasteiger partial charge in [0.05, 0.1) is 7.11 Å². The minimum Gasteiger partial charge on any atom is -0.497 e. The third kappa shape index (κ3) is 5.34. The zero-order valence-corrected chi connectivity index (χ0v) is 17.3. The third-order valence-corrected chi connectivity index (χ3v) is 4.77. The fraction of sp³-hybridized carbons (Fsp3) is 0.182. The maximum atomic E-state index is 12.2. The van der Waals surface area contributed by atoms with E-state index in [0.717, 1.165) is 22.6 Å². The van der Waals surface area contributed by atoms with Crippen molar-refractivity contribution in [1.82, 2.24) is 20.4 Å². The smallest absolute Gasteiger partial charge is 0.324 e. The summed E-state index contributed by atoms with van der Waals surface area (Å²) in [5, 5.41) is 19.7. The van der Waals surface area contributed by atoms with Gasteiger partial charge in [-0.2, -0.15) is 5.10 Å². The van der Waals surface area contributed by atoms with Gasteiger partial charge in [-0.15, -0.1) is 0 Å². The van der Waals surface area contributed by atoms with Crippen LogP contribution in [0, 0.1) is 0 Å². The van der Waals surface area contributed by atoms with Crippen LogP contribution in [0.2, 0.25) is 0 Å². The molecule has 160 valence electrons. The molecule has 31 heavy (non-hydrogen) atoms. The van der Waals surface area contributed by atoms with E-state index in [1.54, 1.807) is 31.1 Å². The molecule has 1 unspecified atom stereocenters. The van der Waals surface area contributed by atoms with Crippen LogP contribution in [0.5, 0.6) is 5.75 Å². The van der Waals surface area contributed by atoms with Crippen LogP contribution in [-0.4, -0.2) is 35.8 Å². The van der Waals surface area contributed by atoms with Gasteiger partial charge in [0.15, 0.2) is 12.1 Å². The molecule has 1 aromatic heterocycles. The normalized spacial score (nSPS) is 15.4. The summed E-state index contributed by atoms with van der Waals surface area (Å²) in [6.07, 6.45) is 3.62. The maximum Gasteiger partial charge on any atom is 0.324 e. The molecule has 9 nitrogen and oxygen atoms in total. The molecule has 5 N–H and O–H groups in total. The number of aromatic nitrogens is 2. The molecule has 1 atom stereocenters. The summed E-state index contributed by atoms with van der Waals surface area (Å²) >= 11 is 0. The SMILES string of the molecule is COc1ccc(C2=CNC(Nc3cccc(NC(=O)Nc4ccn(C)n4)c3)NC2)cc1. The van der Waals surface area contributed by atoms with E-state index in [9.17, 15) is 4.79 Å². The number of methoxy groups -OCH3 is 1. The molecule has 0 spiro atoms. The number of benzene rings is 2. The second-order valence-electron chi connectivity index (χ2n) is 7.06. The Labute approximate surface area is 180 Å². The number of carbonyl (C=O) groups is 1. The highest BCUT2D eigenvalue weighted by atomic mass is 16.5. The van der Waals surface area contributed by atoms with Crippen LogP contribution in [0.15, 0.2) is 67.0 Å². The molecule has 0 aliphatic carbocycles. The lowest BCUT2D eigenvalue weighted by atomic mass is 10.1. The maximum absolute atomic E-state index is 12.2. The largest absolute Gasteiger partial charge is 0.497 e. The number of nitrogens with zero attached hydrogens (tertiary/aromatic N) is 2. The van der Waals surface area contributed by atoms with Crippen molar-refractivity contribution in [2.75, 3.05) is 29.6 Å². The number of rotatable bonds is 6. The van der Waals surface area contributed by atoms with Crippen molar-refractivity contribution >= 4 is 28.8 Å². The minimum atomic E-state index is -0.350. The Hall–Kier alpha value is -3.98. The number of carbonyl (C=O) groups excluding carboxylic acids is 1. The first-order valence-electron chi connectivity index (χ1n) is 9.86. The van der Waals surface area contributed by atoms with Crippen molar-refractivity contribution in [2.45, 2.75) is 6.29 Å². The highest BCUT2D eigenvalue weighted by molar-refractivity contribution is 5.99. The van der Waals surface area contributed by atoms with Gasteiger partial charge in [0, 0.05) is 43.4 Å². The molecule has 0 radical (unpaired) electrons. The summed E-state index contributed by atoms with van der Waals surface area (Å²) in [4.78, 5) is 12.2. The van der Waals surface area contributed by atoms with Crippen LogP contribution in [-0.2, 0) is 7.05 Å². The van der Waals surface area contributed by atoms with Crippen molar-refractivity contribution < 1.29 is 9.53 Å². The van der Waals surface area contributed by atoms with Crippen LogP contribution in [0.3, 0.4) is 0 Å². The molecule has 0 saturated heterocycles. The van der Waals surface area contributed by atoms with Gasteiger partial charge in [0.25, 0.3) is 0 Å². The molecule has 3 aromatic rings.